The van der Waals surface area contributed by atoms with E-state index in [1.54, 1.807) is 6.20 Å². The van der Waals surface area contributed by atoms with Gasteiger partial charge in [0.2, 0.25) is 0 Å². The molecule has 14 heavy (non-hydrogen) atoms. The van der Waals surface area contributed by atoms with Crippen LogP contribution in [0.25, 0.3) is 11.0 Å². The number of nitrogens with zero attached hydrogens (tertiary/aromatic N) is 1. The van der Waals surface area contributed by atoms with Crippen molar-refractivity contribution in [3.05, 3.63) is 30.1 Å². The molecule has 0 radical (unpaired) electrons. The fraction of sp³-hybridized carbons (Fsp3) is 0.300. The van der Waals surface area contributed by atoms with E-state index in [0.29, 0.717) is 0 Å². The summed E-state index contributed by atoms with van der Waals surface area (Å²) in [5.74, 6) is 5.25. The molecule has 0 aliphatic carbocycles. The molecule has 0 aliphatic heterocycles. The van der Waals surface area contributed by atoms with Crippen LogP contribution in [0.2, 0.25) is 0 Å². The summed E-state index contributed by atoms with van der Waals surface area (Å²) in [7, 11) is 0. The predicted molar refractivity (Wildman–Crippen MR) is 54.4 cm³/mol. The minimum absolute atomic E-state index is 0.499. The molecule has 2 aromatic rings. The zero-order valence-electron chi connectivity index (χ0n) is 8.24. The van der Waals surface area contributed by atoms with E-state index in [9.17, 15) is 0 Å². The summed E-state index contributed by atoms with van der Waals surface area (Å²) >= 11 is 0. The summed E-state index contributed by atoms with van der Waals surface area (Å²) in [5.41, 5.74) is 1.37. The first-order chi connectivity index (χ1) is 6.65. The Bertz CT molecular complexity index is 447. The first kappa shape index (κ1) is 9.18. The number of hydrogen-bond donors (Lipinski definition) is 2. The minimum atomic E-state index is -0.499. The number of fused-ring (bicyclic) bond motifs is 1. The third-order valence-electron chi connectivity index (χ3n) is 2.39. The van der Waals surface area contributed by atoms with E-state index in [4.69, 9.17) is 10.7 Å². The topological polar surface area (TPSA) is 63.9 Å². The number of H-pyrrole nitrogens is 1. The van der Waals surface area contributed by atoms with Gasteiger partial charge in [-0.1, -0.05) is 0 Å². The normalized spacial score (nSPS) is 12.2. The monoisotopic (exact) mass is 191 g/mol. The maximum absolute atomic E-state index is 5.25. The van der Waals surface area contributed by atoms with Crippen molar-refractivity contribution < 1.29 is 4.84 Å². The van der Waals surface area contributed by atoms with Crippen molar-refractivity contribution in [2.45, 2.75) is 19.4 Å². The summed E-state index contributed by atoms with van der Waals surface area (Å²) < 4.78 is 0. The highest BCUT2D eigenvalue weighted by atomic mass is 16.6. The maximum Gasteiger partial charge on any atom is 0.137 e. The Morgan fingerprint density at radius 3 is 3.00 bits per heavy atom. The van der Waals surface area contributed by atoms with Gasteiger partial charge in [0.05, 0.1) is 0 Å². The van der Waals surface area contributed by atoms with Crippen LogP contribution in [0, 0.1) is 0 Å². The predicted octanol–water partition coefficient (Wildman–Crippen LogP) is 1.69. The molecule has 74 valence electrons. The van der Waals surface area contributed by atoms with Crippen LogP contribution < -0.4 is 5.90 Å². The highest BCUT2D eigenvalue weighted by molar-refractivity contribution is 5.80. The van der Waals surface area contributed by atoms with E-state index in [2.05, 4.69) is 9.97 Å². The Kier molecular flexibility index (Phi) is 2.02. The van der Waals surface area contributed by atoms with Crippen molar-refractivity contribution in [2.75, 3.05) is 0 Å². The van der Waals surface area contributed by atoms with Gasteiger partial charge in [0.15, 0.2) is 0 Å². The van der Waals surface area contributed by atoms with Crippen molar-refractivity contribution in [1.82, 2.24) is 9.97 Å². The largest absolute Gasteiger partial charge is 0.346 e. The molecule has 2 aromatic heterocycles. The van der Waals surface area contributed by atoms with Crippen LogP contribution >= 0.6 is 0 Å². The minimum Gasteiger partial charge on any atom is -0.346 e. The molecule has 0 unspecified atom stereocenters. The lowest BCUT2D eigenvalue weighted by Crippen LogP contribution is -2.24. The first-order valence-corrected chi connectivity index (χ1v) is 4.45. The Morgan fingerprint density at radius 2 is 2.29 bits per heavy atom. The smallest absolute Gasteiger partial charge is 0.137 e. The van der Waals surface area contributed by atoms with Gasteiger partial charge in [0, 0.05) is 23.3 Å². The van der Waals surface area contributed by atoms with Crippen molar-refractivity contribution in [3.8, 4) is 0 Å². The van der Waals surface area contributed by atoms with Crippen LogP contribution in [-0.4, -0.2) is 9.97 Å². The van der Waals surface area contributed by atoms with Crippen molar-refractivity contribution in [1.29, 1.82) is 0 Å². The number of aromatic amines is 1. The SMILES string of the molecule is CC(C)(ON)c1c[nH]c2ncccc12. The van der Waals surface area contributed by atoms with Crippen molar-refractivity contribution in [3.63, 3.8) is 0 Å². The van der Waals surface area contributed by atoms with Gasteiger partial charge in [-0.2, -0.15) is 0 Å². The Hall–Kier alpha value is -1.39. The van der Waals surface area contributed by atoms with E-state index < -0.39 is 5.60 Å². The van der Waals surface area contributed by atoms with E-state index in [-0.39, 0.29) is 0 Å². The third kappa shape index (κ3) is 1.29. The average molecular weight is 191 g/mol. The van der Waals surface area contributed by atoms with Gasteiger partial charge in [-0.3, -0.25) is 4.84 Å². The van der Waals surface area contributed by atoms with Gasteiger partial charge in [-0.25, -0.2) is 10.9 Å². The lowest BCUT2D eigenvalue weighted by molar-refractivity contribution is -0.0225. The number of aromatic nitrogens is 2. The zero-order valence-corrected chi connectivity index (χ0v) is 8.24. The summed E-state index contributed by atoms with van der Waals surface area (Å²) in [5, 5.41) is 1.04. The lowest BCUT2D eigenvalue weighted by atomic mass is 9.99. The number of nitrogens with one attached hydrogen (secondary N) is 1. The van der Waals surface area contributed by atoms with E-state index in [0.717, 1.165) is 16.6 Å². The zero-order chi connectivity index (χ0) is 10.2. The molecule has 0 fully saturated rings. The Morgan fingerprint density at radius 1 is 1.50 bits per heavy atom. The molecule has 0 spiro atoms. The van der Waals surface area contributed by atoms with Crippen LogP contribution in [0.15, 0.2) is 24.5 Å². The maximum atomic E-state index is 5.25. The summed E-state index contributed by atoms with van der Waals surface area (Å²) in [6.07, 6.45) is 3.63. The number of rotatable bonds is 2. The molecule has 0 aliphatic rings. The van der Waals surface area contributed by atoms with Crippen LogP contribution in [0.1, 0.15) is 19.4 Å². The van der Waals surface area contributed by atoms with Crippen LogP contribution in [0.3, 0.4) is 0 Å². The highest BCUT2D eigenvalue weighted by Gasteiger charge is 2.24. The molecule has 3 N–H and O–H groups in total. The summed E-state index contributed by atoms with van der Waals surface area (Å²) in [6.45, 7) is 3.84. The van der Waals surface area contributed by atoms with Gasteiger partial charge in [0.25, 0.3) is 0 Å². The van der Waals surface area contributed by atoms with Gasteiger partial charge in [-0.15, -0.1) is 0 Å². The molecule has 0 aromatic carbocycles. The van der Waals surface area contributed by atoms with Gasteiger partial charge >= 0.3 is 0 Å². The van der Waals surface area contributed by atoms with E-state index >= 15 is 0 Å². The third-order valence-corrected chi connectivity index (χ3v) is 2.39. The molecule has 0 saturated heterocycles. The number of nitrogens with two attached hydrogens (primary N) is 1. The molecule has 4 heteroatoms. The van der Waals surface area contributed by atoms with Crippen LogP contribution in [-0.2, 0) is 10.4 Å². The molecular weight excluding hydrogens is 178 g/mol. The van der Waals surface area contributed by atoms with Crippen molar-refractivity contribution in [2.24, 2.45) is 5.90 Å². The molecular formula is C10H13N3O. The first-order valence-electron chi connectivity index (χ1n) is 4.45. The van der Waals surface area contributed by atoms with Gasteiger partial charge in [-0.05, 0) is 26.0 Å². The fourth-order valence-electron chi connectivity index (χ4n) is 1.52. The van der Waals surface area contributed by atoms with E-state index in [1.165, 1.54) is 0 Å². The molecule has 0 bridgehead atoms. The second-order valence-corrected chi connectivity index (χ2v) is 3.73. The molecule has 0 amide bonds. The standard InChI is InChI=1S/C10H13N3O/c1-10(2,14-11)8-6-13-9-7(8)4-3-5-12-9/h3-6H,11H2,1-2H3,(H,12,13). The molecule has 4 nitrogen and oxygen atoms in total. The van der Waals surface area contributed by atoms with Crippen LogP contribution in [0.4, 0.5) is 0 Å². The molecule has 2 heterocycles. The summed E-state index contributed by atoms with van der Waals surface area (Å²) in [4.78, 5) is 12.2. The second-order valence-electron chi connectivity index (χ2n) is 3.73. The molecule has 0 saturated carbocycles. The van der Waals surface area contributed by atoms with Crippen LogP contribution in [0.5, 0.6) is 0 Å². The average Bonchev–Trinajstić information content (AvgIpc) is 2.61. The Balaban J connectivity index is 2.64. The van der Waals surface area contributed by atoms with E-state index in [1.807, 2.05) is 32.2 Å². The molecule has 0 atom stereocenters. The summed E-state index contributed by atoms with van der Waals surface area (Å²) in [6, 6.07) is 3.89. The Labute approximate surface area is 82.0 Å². The fourth-order valence-corrected chi connectivity index (χ4v) is 1.52. The lowest BCUT2D eigenvalue weighted by Gasteiger charge is -2.20. The second kappa shape index (κ2) is 3.08. The molecule has 2 rings (SSSR count). The number of hydrogen-bond acceptors (Lipinski definition) is 3. The van der Waals surface area contributed by atoms with Gasteiger partial charge in [0.1, 0.15) is 11.2 Å². The number of pyridine rings is 1. The highest BCUT2D eigenvalue weighted by Crippen LogP contribution is 2.28. The van der Waals surface area contributed by atoms with Gasteiger partial charge < -0.3 is 4.98 Å². The quantitative estimate of drug-likeness (QED) is 0.710. The van der Waals surface area contributed by atoms with Crippen molar-refractivity contribution >= 4 is 11.0 Å².